The molecule has 1 aromatic heterocycles. The van der Waals surface area contributed by atoms with E-state index in [-0.39, 0.29) is 5.97 Å². The van der Waals surface area contributed by atoms with Gasteiger partial charge in [-0.1, -0.05) is 12.1 Å². The number of benzene rings is 1. The van der Waals surface area contributed by atoms with Crippen molar-refractivity contribution in [2.75, 3.05) is 13.2 Å². The SMILES string of the molecule is CCOC(=O)c1cc2ccc(C)cc2n1CCNC(=O)OC(C)(C)C. The summed E-state index contributed by atoms with van der Waals surface area (Å²) in [5, 5.41) is 3.68. The molecule has 0 saturated carbocycles. The summed E-state index contributed by atoms with van der Waals surface area (Å²) in [5.41, 5.74) is 1.97. The quantitative estimate of drug-likeness (QED) is 0.839. The summed E-state index contributed by atoms with van der Waals surface area (Å²) < 4.78 is 12.3. The third-order valence-corrected chi connectivity index (χ3v) is 3.55. The van der Waals surface area contributed by atoms with Crippen molar-refractivity contribution < 1.29 is 19.1 Å². The van der Waals surface area contributed by atoms with Crippen molar-refractivity contribution in [2.45, 2.75) is 46.8 Å². The van der Waals surface area contributed by atoms with Crippen LogP contribution < -0.4 is 5.32 Å². The van der Waals surface area contributed by atoms with Crippen molar-refractivity contribution in [3.63, 3.8) is 0 Å². The van der Waals surface area contributed by atoms with Gasteiger partial charge in [-0.25, -0.2) is 9.59 Å². The predicted octanol–water partition coefficient (Wildman–Crippen LogP) is 3.65. The van der Waals surface area contributed by atoms with Crippen LogP contribution in [-0.4, -0.2) is 35.4 Å². The molecule has 2 rings (SSSR count). The van der Waals surface area contributed by atoms with Crippen LogP contribution in [0, 0.1) is 6.92 Å². The molecule has 25 heavy (non-hydrogen) atoms. The molecule has 0 atom stereocenters. The van der Waals surface area contributed by atoms with E-state index in [1.165, 1.54) is 0 Å². The monoisotopic (exact) mass is 346 g/mol. The van der Waals surface area contributed by atoms with Gasteiger partial charge in [-0.15, -0.1) is 0 Å². The van der Waals surface area contributed by atoms with Crippen molar-refractivity contribution in [3.05, 3.63) is 35.5 Å². The normalized spacial score (nSPS) is 11.4. The maximum Gasteiger partial charge on any atom is 0.407 e. The lowest BCUT2D eigenvalue weighted by Crippen LogP contribution is -2.34. The van der Waals surface area contributed by atoms with Crippen LogP contribution in [0.4, 0.5) is 4.79 Å². The first-order chi connectivity index (χ1) is 11.7. The van der Waals surface area contributed by atoms with E-state index in [4.69, 9.17) is 9.47 Å². The molecular formula is C19H26N2O4. The van der Waals surface area contributed by atoms with Crippen LogP contribution in [-0.2, 0) is 16.0 Å². The van der Waals surface area contributed by atoms with E-state index >= 15 is 0 Å². The molecule has 1 amide bonds. The number of alkyl carbamates (subject to hydrolysis) is 1. The van der Waals surface area contributed by atoms with Gasteiger partial charge in [0.25, 0.3) is 0 Å². The molecule has 6 nitrogen and oxygen atoms in total. The van der Waals surface area contributed by atoms with Gasteiger partial charge in [0, 0.05) is 24.0 Å². The average Bonchev–Trinajstić information content (AvgIpc) is 2.84. The number of nitrogens with one attached hydrogen (secondary N) is 1. The Bertz CT molecular complexity index is 772. The zero-order valence-electron chi connectivity index (χ0n) is 15.5. The Labute approximate surface area is 148 Å². The van der Waals surface area contributed by atoms with Crippen LogP contribution in [0.5, 0.6) is 0 Å². The topological polar surface area (TPSA) is 69.6 Å². The molecule has 0 radical (unpaired) electrons. The zero-order valence-corrected chi connectivity index (χ0v) is 15.5. The van der Waals surface area contributed by atoms with Crippen LogP contribution in [0.15, 0.2) is 24.3 Å². The molecule has 2 aromatic rings. The van der Waals surface area contributed by atoms with E-state index < -0.39 is 11.7 Å². The number of carbonyl (C=O) groups excluding carboxylic acids is 2. The number of amides is 1. The Morgan fingerprint density at radius 3 is 2.56 bits per heavy atom. The second kappa shape index (κ2) is 7.59. The molecule has 0 aliphatic heterocycles. The Morgan fingerprint density at radius 2 is 1.92 bits per heavy atom. The summed E-state index contributed by atoms with van der Waals surface area (Å²) in [4.78, 5) is 24.0. The number of ether oxygens (including phenoxy) is 2. The fraction of sp³-hybridized carbons (Fsp3) is 0.474. The van der Waals surface area contributed by atoms with E-state index in [2.05, 4.69) is 5.32 Å². The van der Waals surface area contributed by atoms with Crippen LogP contribution in [0.3, 0.4) is 0 Å². The van der Waals surface area contributed by atoms with E-state index in [0.717, 1.165) is 16.5 Å². The zero-order chi connectivity index (χ0) is 18.6. The number of hydrogen-bond donors (Lipinski definition) is 1. The van der Waals surface area contributed by atoms with Crippen molar-refractivity contribution >= 4 is 23.0 Å². The van der Waals surface area contributed by atoms with Crippen LogP contribution >= 0.6 is 0 Å². The number of aromatic nitrogens is 1. The van der Waals surface area contributed by atoms with Gasteiger partial charge in [0.1, 0.15) is 11.3 Å². The lowest BCUT2D eigenvalue weighted by Gasteiger charge is -2.20. The third-order valence-electron chi connectivity index (χ3n) is 3.55. The highest BCUT2D eigenvalue weighted by molar-refractivity contribution is 5.95. The van der Waals surface area contributed by atoms with Gasteiger partial charge >= 0.3 is 12.1 Å². The molecule has 0 aliphatic carbocycles. The van der Waals surface area contributed by atoms with Gasteiger partial charge in [0.2, 0.25) is 0 Å². The fourth-order valence-corrected chi connectivity index (χ4v) is 2.56. The number of fused-ring (bicyclic) bond motifs is 1. The third kappa shape index (κ3) is 4.98. The first kappa shape index (κ1) is 18.8. The molecule has 0 spiro atoms. The smallest absolute Gasteiger partial charge is 0.407 e. The Balaban J connectivity index is 2.20. The van der Waals surface area contributed by atoms with Gasteiger partial charge in [0.15, 0.2) is 0 Å². The first-order valence-electron chi connectivity index (χ1n) is 8.45. The van der Waals surface area contributed by atoms with Crippen molar-refractivity contribution in [1.29, 1.82) is 0 Å². The molecule has 1 aromatic carbocycles. The maximum absolute atomic E-state index is 12.2. The second-order valence-electron chi connectivity index (χ2n) is 6.89. The van der Waals surface area contributed by atoms with Crippen molar-refractivity contribution in [2.24, 2.45) is 0 Å². The second-order valence-corrected chi connectivity index (χ2v) is 6.89. The van der Waals surface area contributed by atoms with E-state index in [0.29, 0.717) is 25.4 Å². The number of rotatable bonds is 5. The number of aryl methyl sites for hydroxylation is 1. The fourth-order valence-electron chi connectivity index (χ4n) is 2.56. The standard InChI is InChI=1S/C19H26N2O4/c1-6-24-17(22)16-12-14-8-7-13(2)11-15(14)21(16)10-9-20-18(23)25-19(3,4)5/h7-8,11-12H,6,9-10H2,1-5H3,(H,20,23). The van der Waals surface area contributed by atoms with E-state index in [9.17, 15) is 9.59 Å². The summed E-state index contributed by atoms with van der Waals surface area (Å²) in [6.45, 7) is 10.3. The van der Waals surface area contributed by atoms with E-state index in [1.54, 1.807) is 6.92 Å². The Hall–Kier alpha value is -2.50. The minimum Gasteiger partial charge on any atom is -0.461 e. The van der Waals surface area contributed by atoms with Gasteiger partial charge in [-0.3, -0.25) is 0 Å². The highest BCUT2D eigenvalue weighted by Gasteiger charge is 2.18. The molecular weight excluding hydrogens is 320 g/mol. The Morgan fingerprint density at radius 1 is 1.20 bits per heavy atom. The molecule has 0 fully saturated rings. The minimum absolute atomic E-state index is 0.315. The first-order valence-corrected chi connectivity index (χ1v) is 8.45. The van der Waals surface area contributed by atoms with Crippen LogP contribution in [0.1, 0.15) is 43.7 Å². The van der Waals surface area contributed by atoms with E-state index in [1.807, 2.05) is 56.5 Å². The van der Waals surface area contributed by atoms with Crippen LogP contribution in [0.2, 0.25) is 0 Å². The summed E-state index contributed by atoms with van der Waals surface area (Å²) in [5.74, 6) is -0.367. The molecule has 1 heterocycles. The van der Waals surface area contributed by atoms with Gasteiger partial charge in [-0.05, 0) is 52.3 Å². The molecule has 0 aliphatic rings. The number of nitrogens with zero attached hydrogens (tertiary/aromatic N) is 1. The summed E-state index contributed by atoms with van der Waals surface area (Å²) in [6, 6.07) is 7.82. The van der Waals surface area contributed by atoms with Gasteiger partial charge in [-0.2, -0.15) is 0 Å². The highest BCUT2D eigenvalue weighted by Crippen LogP contribution is 2.22. The molecule has 0 unspecified atom stereocenters. The lowest BCUT2D eigenvalue weighted by molar-refractivity contribution is 0.0514. The number of hydrogen-bond acceptors (Lipinski definition) is 4. The molecule has 1 N–H and O–H groups in total. The van der Waals surface area contributed by atoms with Crippen LogP contribution in [0.25, 0.3) is 10.9 Å². The predicted molar refractivity (Wildman–Crippen MR) is 96.9 cm³/mol. The molecule has 0 bridgehead atoms. The maximum atomic E-state index is 12.2. The van der Waals surface area contributed by atoms with Gasteiger partial charge in [0.05, 0.1) is 6.61 Å². The summed E-state index contributed by atoms with van der Waals surface area (Å²) in [7, 11) is 0. The molecule has 0 saturated heterocycles. The average molecular weight is 346 g/mol. The molecule has 6 heteroatoms. The lowest BCUT2D eigenvalue weighted by atomic mass is 10.2. The van der Waals surface area contributed by atoms with Crippen molar-refractivity contribution in [3.8, 4) is 0 Å². The largest absolute Gasteiger partial charge is 0.461 e. The molecule has 136 valence electrons. The number of esters is 1. The minimum atomic E-state index is -0.544. The number of carbonyl (C=O) groups is 2. The Kier molecular flexibility index (Phi) is 5.72. The van der Waals surface area contributed by atoms with Crippen molar-refractivity contribution in [1.82, 2.24) is 9.88 Å². The highest BCUT2D eigenvalue weighted by atomic mass is 16.6. The summed E-state index contributed by atoms with van der Waals surface area (Å²) >= 11 is 0. The van der Waals surface area contributed by atoms with Gasteiger partial charge < -0.3 is 19.4 Å². The summed E-state index contributed by atoms with van der Waals surface area (Å²) in [6.07, 6.45) is -0.474.